The predicted octanol–water partition coefficient (Wildman–Crippen LogP) is 4.64. The van der Waals surface area contributed by atoms with Crippen LogP contribution in [0.2, 0.25) is 0 Å². The van der Waals surface area contributed by atoms with Gasteiger partial charge in [0.2, 0.25) is 5.95 Å². The lowest BCUT2D eigenvalue weighted by atomic mass is 9.80. The molecule has 1 saturated heterocycles. The Morgan fingerprint density at radius 2 is 2.00 bits per heavy atom. The van der Waals surface area contributed by atoms with Crippen molar-refractivity contribution in [3.8, 4) is 0 Å². The number of H-pyrrole nitrogens is 1. The van der Waals surface area contributed by atoms with Crippen molar-refractivity contribution in [3.63, 3.8) is 0 Å². The van der Waals surface area contributed by atoms with Crippen molar-refractivity contribution in [2.45, 2.75) is 43.6 Å². The Hall–Kier alpha value is -3.06. The summed E-state index contributed by atoms with van der Waals surface area (Å²) in [5, 5.41) is 0. The predicted molar refractivity (Wildman–Crippen MR) is 146 cm³/mol. The Morgan fingerprint density at radius 1 is 1.18 bits per heavy atom. The average molecular weight is 520 g/mol. The molecule has 3 atom stereocenters. The highest BCUT2D eigenvalue weighted by Gasteiger charge is 2.58. The lowest BCUT2D eigenvalue weighted by molar-refractivity contribution is 0.153. The fourth-order valence-corrected chi connectivity index (χ4v) is 6.78. The first-order valence-corrected chi connectivity index (χ1v) is 13.8. The fourth-order valence-electron chi connectivity index (χ4n) is 6.78. The maximum absolute atomic E-state index is 13.9. The van der Waals surface area contributed by atoms with E-state index in [0.717, 1.165) is 76.9 Å². The highest BCUT2D eigenvalue weighted by Crippen LogP contribution is 2.63. The van der Waals surface area contributed by atoms with Crippen molar-refractivity contribution in [3.05, 3.63) is 59.2 Å². The Kier molecular flexibility index (Phi) is 6.81. The van der Waals surface area contributed by atoms with Crippen molar-refractivity contribution >= 4 is 29.0 Å². The molecule has 3 fully saturated rings. The zero-order valence-electron chi connectivity index (χ0n) is 21.9. The number of halogens is 2. The Labute approximate surface area is 222 Å². The number of fused-ring (bicyclic) bond motifs is 2. The average Bonchev–Trinajstić information content (AvgIpc) is 3.53. The van der Waals surface area contributed by atoms with Crippen LogP contribution >= 0.6 is 0 Å². The molecule has 2 heterocycles. The van der Waals surface area contributed by atoms with Crippen LogP contribution in [0.3, 0.4) is 0 Å². The molecule has 1 aliphatic heterocycles. The van der Waals surface area contributed by atoms with Gasteiger partial charge in [0.25, 0.3) is 0 Å². The second-order valence-electron chi connectivity index (χ2n) is 11.4. The van der Waals surface area contributed by atoms with Gasteiger partial charge < -0.3 is 19.7 Å². The maximum Gasteiger partial charge on any atom is 0.204 e. The van der Waals surface area contributed by atoms with E-state index >= 15 is 0 Å². The first-order valence-electron chi connectivity index (χ1n) is 13.8. The normalized spacial score (nSPS) is 25.7. The number of imidazole rings is 1. The van der Waals surface area contributed by atoms with Crippen molar-refractivity contribution < 1.29 is 13.6 Å². The zero-order valence-corrected chi connectivity index (χ0v) is 21.9. The van der Waals surface area contributed by atoms with E-state index in [2.05, 4.69) is 38.9 Å². The largest absolute Gasteiger partial charge is 0.339 e. The second kappa shape index (κ2) is 10.3. The number of likely N-dealkylation sites (N-methyl/N-ethyl adjacent to an activating group) is 1. The summed E-state index contributed by atoms with van der Waals surface area (Å²) < 4.78 is 27.8. The molecule has 0 spiro atoms. The van der Waals surface area contributed by atoms with Crippen molar-refractivity contribution in [2.75, 3.05) is 51.2 Å². The second-order valence-corrected chi connectivity index (χ2v) is 11.4. The van der Waals surface area contributed by atoms with Crippen LogP contribution in [0.4, 0.5) is 14.7 Å². The highest BCUT2D eigenvalue weighted by molar-refractivity contribution is 5.78. The summed E-state index contributed by atoms with van der Waals surface area (Å²) in [6.07, 6.45) is 6.83. The number of hydrogen-bond acceptors (Lipinski definition) is 5. The van der Waals surface area contributed by atoms with Gasteiger partial charge in [0, 0.05) is 57.0 Å². The molecule has 1 N–H and O–H groups in total. The van der Waals surface area contributed by atoms with Gasteiger partial charge in [0.05, 0.1) is 11.0 Å². The van der Waals surface area contributed by atoms with E-state index in [1.165, 1.54) is 23.8 Å². The third kappa shape index (κ3) is 4.89. The molecule has 1 aromatic heterocycles. The number of nitrogens with one attached hydrogen (secondary N) is 1. The van der Waals surface area contributed by atoms with E-state index < -0.39 is 11.6 Å². The molecule has 1 unspecified atom stereocenters. The smallest absolute Gasteiger partial charge is 0.204 e. The molecule has 3 aliphatic rings. The van der Waals surface area contributed by atoms with Crippen LogP contribution in [0.15, 0.2) is 36.4 Å². The van der Waals surface area contributed by atoms with Crippen LogP contribution in [0.5, 0.6) is 0 Å². The Bertz CT molecular complexity index is 1320. The van der Waals surface area contributed by atoms with E-state index in [1.807, 2.05) is 18.1 Å². The molecule has 200 valence electrons. The molecular weight excluding hydrogens is 484 g/mol. The molecule has 0 amide bonds. The van der Waals surface area contributed by atoms with Crippen molar-refractivity contribution in [1.29, 1.82) is 0 Å². The summed E-state index contributed by atoms with van der Waals surface area (Å²) in [4.78, 5) is 26.1. The van der Waals surface area contributed by atoms with Crippen LogP contribution in [0.1, 0.15) is 43.2 Å². The highest BCUT2D eigenvalue weighted by atomic mass is 19.2. The Balaban J connectivity index is 1.20. The molecule has 6 nitrogen and oxygen atoms in total. The molecule has 8 heteroatoms. The standard InChI is InChI=1S/C30H35F2N5O/c1-35-11-13-36(14-12-35)9-3-10-37(29-33-27-18-25(31)26(32)19-28(27)34-29)24-6-8-30(20-23(30)17-24)22-5-2-4-21(16-22)7-15-38/h2,4-5,7,16,18-19,23-24H,3,6,8-14,17,20H2,1H3,(H,33,34)/t23?,24-,30-/m1/s1. The lowest BCUT2D eigenvalue weighted by Crippen LogP contribution is -2.46. The number of benzene rings is 2. The van der Waals surface area contributed by atoms with Gasteiger partial charge in [-0.05, 0) is 68.2 Å². The van der Waals surface area contributed by atoms with Gasteiger partial charge in [-0.2, -0.15) is 0 Å². The van der Waals surface area contributed by atoms with Crippen LogP contribution in [-0.4, -0.2) is 78.1 Å². The summed E-state index contributed by atoms with van der Waals surface area (Å²) in [5.41, 5.74) is 3.40. The number of aromatic nitrogens is 2. The Morgan fingerprint density at radius 3 is 2.79 bits per heavy atom. The van der Waals surface area contributed by atoms with Crippen LogP contribution < -0.4 is 4.90 Å². The molecule has 2 saturated carbocycles. The van der Waals surface area contributed by atoms with Gasteiger partial charge in [-0.1, -0.05) is 24.3 Å². The number of rotatable bonds is 8. The molecule has 6 rings (SSSR count). The number of piperazine rings is 1. The molecule has 0 radical (unpaired) electrons. The van der Waals surface area contributed by atoms with Gasteiger partial charge in [-0.15, -0.1) is 0 Å². The van der Waals surface area contributed by atoms with E-state index in [-0.39, 0.29) is 5.41 Å². The summed E-state index contributed by atoms with van der Waals surface area (Å²) in [5.74, 6) is 1.46. The third-order valence-electron chi connectivity index (χ3n) is 9.09. The fraction of sp³-hybridized carbons (Fsp3) is 0.500. The first-order chi connectivity index (χ1) is 18.4. The van der Waals surface area contributed by atoms with Gasteiger partial charge in [-0.25, -0.2) is 18.6 Å². The monoisotopic (exact) mass is 519 g/mol. The molecule has 3 aromatic rings. The summed E-state index contributed by atoms with van der Waals surface area (Å²) >= 11 is 0. The molecule has 2 aromatic carbocycles. The van der Waals surface area contributed by atoms with Gasteiger partial charge in [0.1, 0.15) is 5.94 Å². The van der Waals surface area contributed by atoms with Gasteiger partial charge >= 0.3 is 0 Å². The van der Waals surface area contributed by atoms with Crippen LogP contribution in [0, 0.1) is 17.6 Å². The van der Waals surface area contributed by atoms with E-state index in [0.29, 0.717) is 28.9 Å². The zero-order chi connectivity index (χ0) is 26.3. The maximum atomic E-state index is 13.9. The SMILES string of the molecule is CN1CCN(CCCN(c2nc3cc(F)c(F)cc3[nH]2)[C@@H]2CC[C@]3(c4cccc(C=C=O)c4)CC3C2)CC1. The summed E-state index contributed by atoms with van der Waals surface area (Å²) in [7, 11) is 2.17. The number of carbonyl (C=O) groups excluding carboxylic acids is 1. The van der Waals surface area contributed by atoms with Gasteiger partial charge in [-0.3, -0.25) is 0 Å². The minimum atomic E-state index is -0.871. The number of nitrogens with zero attached hydrogens (tertiary/aromatic N) is 4. The molecule has 2 aliphatic carbocycles. The number of hydrogen-bond donors (Lipinski definition) is 1. The van der Waals surface area contributed by atoms with Crippen LogP contribution in [0.25, 0.3) is 17.1 Å². The minimum absolute atomic E-state index is 0.189. The van der Waals surface area contributed by atoms with Crippen molar-refractivity contribution in [1.82, 2.24) is 19.8 Å². The topological polar surface area (TPSA) is 55.5 Å². The van der Waals surface area contributed by atoms with E-state index in [9.17, 15) is 13.6 Å². The molecular formula is C30H35F2N5O. The quantitative estimate of drug-likeness (QED) is 0.440. The third-order valence-corrected chi connectivity index (χ3v) is 9.09. The summed E-state index contributed by atoms with van der Waals surface area (Å²) in [6, 6.07) is 11.0. The lowest BCUT2D eigenvalue weighted by Gasteiger charge is -2.38. The molecule has 38 heavy (non-hydrogen) atoms. The molecule has 0 bridgehead atoms. The van der Waals surface area contributed by atoms with Crippen molar-refractivity contribution in [2.24, 2.45) is 5.92 Å². The number of aromatic amines is 1. The first kappa shape index (κ1) is 25.2. The van der Waals surface area contributed by atoms with Gasteiger partial charge in [0.15, 0.2) is 11.6 Å². The van der Waals surface area contributed by atoms with Crippen LogP contribution in [-0.2, 0) is 10.2 Å². The minimum Gasteiger partial charge on any atom is -0.339 e. The van der Waals surface area contributed by atoms with E-state index in [4.69, 9.17) is 4.98 Å². The van der Waals surface area contributed by atoms with E-state index in [1.54, 1.807) is 0 Å². The number of anilines is 1. The summed E-state index contributed by atoms with van der Waals surface area (Å²) in [6.45, 7) is 6.26.